The number of hydrogen-bond donors (Lipinski definition) is 1. The summed E-state index contributed by atoms with van der Waals surface area (Å²) in [6.07, 6.45) is 9.60. The molecule has 4 bridgehead atoms. The molecular weight excluding hydrogens is 294 g/mol. The third-order valence-corrected chi connectivity index (χ3v) is 6.69. The van der Waals surface area contributed by atoms with E-state index in [0.29, 0.717) is 16.4 Å². The summed E-state index contributed by atoms with van der Waals surface area (Å²) in [6.45, 7) is 9.04. The van der Waals surface area contributed by atoms with Gasteiger partial charge in [-0.2, -0.15) is 0 Å². The predicted molar refractivity (Wildman–Crippen MR) is 99.2 cm³/mol. The van der Waals surface area contributed by atoms with E-state index in [9.17, 15) is 0 Å². The van der Waals surface area contributed by atoms with Gasteiger partial charge in [0.25, 0.3) is 0 Å². The second-order valence-electron chi connectivity index (χ2n) is 9.76. The van der Waals surface area contributed by atoms with Gasteiger partial charge in [-0.05, 0) is 79.4 Å². The molecule has 24 heavy (non-hydrogen) atoms. The van der Waals surface area contributed by atoms with E-state index in [1.54, 1.807) is 0 Å². The molecule has 4 atom stereocenters. The van der Waals surface area contributed by atoms with Crippen LogP contribution in [0.4, 0.5) is 0 Å². The van der Waals surface area contributed by atoms with Crippen molar-refractivity contribution in [3.63, 3.8) is 0 Å². The van der Waals surface area contributed by atoms with E-state index in [1.807, 2.05) is 0 Å². The van der Waals surface area contributed by atoms with Crippen LogP contribution in [0.15, 0.2) is 24.3 Å². The minimum absolute atomic E-state index is 0.389. The van der Waals surface area contributed by atoms with Crippen LogP contribution in [-0.4, -0.2) is 12.1 Å². The fourth-order valence-corrected chi connectivity index (χ4v) is 6.86. The molecule has 2 heteroatoms. The summed E-state index contributed by atoms with van der Waals surface area (Å²) in [7, 11) is 0. The van der Waals surface area contributed by atoms with E-state index < -0.39 is 0 Å². The molecule has 4 aliphatic carbocycles. The Morgan fingerprint density at radius 1 is 1.00 bits per heavy atom. The molecule has 4 fully saturated rings. The molecule has 132 valence electrons. The third kappa shape index (κ3) is 3.10. The minimum Gasteiger partial charge on any atom is -0.494 e. The van der Waals surface area contributed by atoms with Crippen LogP contribution in [0.3, 0.4) is 0 Å². The van der Waals surface area contributed by atoms with Gasteiger partial charge in [0.15, 0.2) is 0 Å². The molecule has 0 aliphatic heterocycles. The molecule has 1 aromatic rings. The Morgan fingerprint density at radius 3 is 2.25 bits per heavy atom. The number of benzene rings is 1. The van der Waals surface area contributed by atoms with Crippen molar-refractivity contribution >= 4 is 0 Å². The molecule has 0 spiro atoms. The maximum atomic E-state index is 5.69. The van der Waals surface area contributed by atoms with Crippen molar-refractivity contribution < 1.29 is 4.74 Å². The summed E-state index contributed by atoms with van der Waals surface area (Å²) in [4.78, 5) is 0. The van der Waals surface area contributed by atoms with Crippen LogP contribution >= 0.6 is 0 Å². The topological polar surface area (TPSA) is 21.3 Å². The number of rotatable bonds is 6. The van der Waals surface area contributed by atoms with Gasteiger partial charge in [0.05, 0.1) is 6.61 Å². The molecule has 4 aliphatic rings. The Kier molecular flexibility index (Phi) is 3.95. The summed E-state index contributed by atoms with van der Waals surface area (Å²) < 4.78 is 5.69. The maximum Gasteiger partial charge on any atom is 0.119 e. The van der Waals surface area contributed by atoms with Crippen LogP contribution in [0.2, 0.25) is 0 Å². The molecule has 0 amide bonds. The SMILES string of the molecule is CCCOc1ccc(CNC23CC4C[C@@](C)(C2)C[C@](C)(C4)C3)cc1. The summed E-state index contributed by atoms with van der Waals surface area (Å²) >= 11 is 0. The van der Waals surface area contributed by atoms with E-state index in [-0.39, 0.29) is 0 Å². The van der Waals surface area contributed by atoms with Gasteiger partial charge in [-0.3, -0.25) is 0 Å². The lowest BCUT2D eigenvalue weighted by Gasteiger charge is -2.65. The first-order valence-electron chi connectivity index (χ1n) is 9.89. The van der Waals surface area contributed by atoms with Crippen LogP contribution in [-0.2, 0) is 6.54 Å². The van der Waals surface area contributed by atoms with E-state index in [1.165, 1.54) is 44.1 Å². The summed E-state index contributed by atoms with van der Waals surface area (Å²) in [5, 5.41) is 4.02. The third-order valence-electron chi connectivity index (χ3n) is 6.69. The molecule has 0 saturated heterocycles. The smallest absolute Gasteiger partial charge is 0.119 e. The number of hydrogen-bond acceptors (Lipinski definition) is 2. The van der Waals surface area contributed by atoms with Crippen molar-refractivity contribution in [2.24, 2.45) is 16.7 Å². The lowest BCUT2D eigenvalue weighted by molar-refractivity contribution is -0.118. The standard InChI is InChI=1S/C22H33NO/c1-4-9-24-19-7-5-17(6-8-19)13-23-22-12-18-10-20(2,15-22)14-21(3,11-18)16-22/h5-8,18,23H,4,9-16H2,1-3H3/t18?,20-,21+,22?. The summed E-state index contributed by atoms with van der Waals surface area (Å²) in [6, 6.07) is 8.69. The largest absolute Gasteiger partial charge is 0.494 e. The van der Waals surface area contributed by atoms with Gasteiger partial charge in [-0.15, -0.1) is 0 Å². The van der Waals surface area contributed by atoms with Crippen LogP contribution in [0.25, 0.3) is 0 Å². The zero-order chi connectivity index (χ0) is 16.8. The van der Waals surface area contributed by atoms with Gasteiger partial charge in [0.1, 0.15) is 5.75 Å². The first-order chi connectivity index (χ1) is 11.4. The van der Waals surface area contributed by atoms with Crippen molar-refractivity contribution in [1.82, 2.24) is 5.32 Å². The Labute approximate surface area is 147 Å². The summed E-state index contributed by atoms with van der Waals surface area (Å²) in [5.74, 6) is 1.95. The van der Waals surface area contributed by atoms with Crippen molar-refractivity contribution in [3.8, 4) is 5.75 Å². The zero-order valence-corrected chi connectivity index (χ0v) is 15.7. The lowest BCUT2D eigenvalue weighted by Crippen LogP contribution is -2.63. The Hall–Kier alpha value is -1.02. The highest BCUT2D eigenvalue weighted by Crippen LogP contribution is 2.66. The van der Waals surface area contributed by atoms with E-state index in [2.05, 4.69) is 50.4 Å². The van der Waals surface area contributed by atoms with Crippen LogP contribution < -0.4 is 10.1 Å². The van der Waals surface area contributed by atoms with E-state index >= 15 is 0 Å². The molecule has 0 radical (unpaired) electrons. The van der Waals surface area contributed by atoms with Gasteiger partial charge in [0.2, 0.25) is 0 Å². The van der Waals surface area contributed by atoms with Crippen molar-refractivity contribution in [2.45, 2.75) is 77.8 Å². The van der Waals surface area contributed by atoms with Crippen molar-refractivity contribution in [2.75, 3.05) is 6.61 Å². The quantitative estimate of drug-likeness (QED) is 0.764. The number of ether oxygens (including phenoxy) is 1. The van der Waals surface area contributed by atoms with Crippen molar-refractivity contribution in [3.05, 3.63) is 29.8 Å². The lowest BCUT2D eigenvalue weighted by atomic mass is 9.43. The normalized spacial score (nSPS) is 40.0. The van der Waals surface area contributed by atoms with Crippen LogP contribution in [0.5, 0.6) is 5.75 Å². The second-order valence-corrected chi connectivity index (χ2v) is 9.76. The first-order valence-corrected chi connectivity index (χ1v) is 9.89. The van der Waals surface area contributed by atoms with Crippen LogP contribution in [0.1, 0.15) is 71.3 Å². The van der Waals surface area contributed by atoms with Crippen LogP contribution in [0, 0.1) is 16.7 Å². The fourth-order valence-electron chi connectivity index (χ4n) is 6.86. The average Bonchev–Trinajstić information content (AvgIpc) is 2.48. The Morgan fingerprint density at radius 2 is 1.67 bits per heavy atom. The maximum absolute atomic E-state index is 5.69. The molecule has 4 saturated carbocycles. The Bertz CT molecular complexity index is 574. The van der Waals surface area contributed by atoms with Gasteiger partial charge >= 0.3 is 0 Å². The first kappa shape index (κ1) is 16.4. The molecule has 2 nitrogen and oxygen atoms in total. The van der Waals surface area contributed by atoms with E-state index in [4.69, 9.17) is 4.74 Å². The fraction of sp³-hybridized carbons (Fsp3) is 0.727. The zero-order valence-electron chi connectivity index (χ0n) is 15.7. The highest BCUT2D eigenvalue weighted by molar-refractivity contribution is 5.27. The molecule has 1 N–H and O–H groups in total. The summed E-state index contributed by atoms with van der Waals surface area (Å²) in [5.41, 5.74) is 2.93. The van der Waals surface area contributed by atoms with Gasteiger partial charge in [-0.25, -0.2) is 0 Å². The molecule has 0 heterocycles. The monoisotopic (exact) mass is 327 g/mol. The van der Waals surface area contributed by atoms with Crippen molar-refractivity contribution in [1.29, 1.82) is 0 Å². The molecule has 0 aromatic heterocycles. The molecule has 5 rings (SSSR count). The molecule has 1 aromatic carbocycles. The van der Waals surface area contributed by atoms with Gasteiger partial charge in [0, 0.05) is 12.1 Å². The van der Waals surface area contributed by atoms with Gasteiger partial charge in [-0.1, -0.05) is 32.9 Å². The predicted octanol–water partition coefficient (Wildman–Crippen LogP) is 5.31. The second kappa shape index (κ2) is 5.76. The molecule has 2 unspecified atom stereocenters. The Balaban J connectivity index is 1.42. The highest BCUT2D eigenvalue weighted by Gasteiger charge is 2.59. The van der Waals surface area contributed by atoms with E-state index in [0.717, 1.165) is 31.2 Å². The number of nitrogens with one attached hydrogen (secondary N) is 1. The minimum atomic E-state index is 0.389. The highest BCUT2D eigenvalue weighted by atomic mass is 16.5. The van der Waals surface area contributed by atoms with Gasteiger partial charge < -0.3 is 10.1 Å². The average molecular weight is 328 g/mol. The molecular formula is C22H33NO.